The van der Waals surface area contributed by atoms with Crippen molar-refractivity contribution in [2.45, 2.75) is 27.7 Å². The number of aromatic amines is 1. The van der Waals surface area contributed by atoms with E-state index in [0.29, 0.717) is 0 Å². The van der Waals surface area contributed by atoms with Crippen LogP contribution in [0.2, 0.25) is 0 Å². The third-order valence-corrected chi connectivity index (χ3v) is 2.72. The second-order valence-electron chi connectivity index (χ2n) is 2.85. The van der Waals surface area contributed by atoms with Gasteiger partial charge >= 0.3 is 0 Å². The lowest BCUT2D eigenvalue weighted by Gasteiger charge is -1.84. The number of thiophene rings is 1. The minimum atomic E-state index is 1.05. The summed E-state index contributed by atoms with van der Waals surface area (Å²) in [4.78, 5) is 2.56. The molecule has 0 radical (unpaired) electrons. The molecule has 2 rings (SSSR count). The van der Waals surface area contributed by atoms with Crippen molar-refractivity contribution in [3.8, 4) is 10.6 Å². The molecule has 0 fully saturated rings. The molecule has 0 aliphatic carbocycles. The first-order valence-corrected chi connectivity index (χ1v) is 5.66. The van der Waals surface area contributed by atoms with Crippen molar-refractivity contribution in [1.82, 2.24) is 10.2 Å². The molecule has 2 heterocycles. The zero-order valence-electron chi connectivity index (χ0n) is 9.09. The van der Waals surface area contributed by atoms with Gasteiger partial charge in [-0.25, -0.2) is 0 Å². The van der Waals surface area contributed by atoms with E-state index in [1.165, 1.54) is 9.75 Å². The van der Waals surface area contributed by atoms with Crippen LogP contribution in [0.5, 0.6) is 0 Å². The van der Waals surface area contributed by atoms with E-state index in [9.17, 15) is 0 Å². The largest absolute Gasteiger partial charge is 0.282 e. The van der Waals surface area contributed by atoms with Gasteiger partial charge in [0.1, 0.15) is 5.69 Å². The second-order valence-corrected chi connectivity index (χ2v) is 4.13. The molecule has 0 aliphatic rings. The molecule has 0 atom stereocenters. The maximum Gasteiger partial charge on any atom is 0.102 e. The molecule has 0 aromatic carbocycles. The summed E-state index contributed by atoms with van der Waals surface area (Å²) in [5.74, 6) is 0. The SMILES string of the molecule is CC.Cc1cc(-c2ccc(C)s2)n[nH]1. The van der Waals surface area contributed by atoms with Gasteiger partial charge in [-0.05, 0) is 32.0 Å². The van der Waals surface area contributed by atoms with Crippen molar-refractivity contribution >= 4 is 11.3 Å². The van der Waals surface area contributed by atoms with Gasteiger partial charge in [0.25, 0.3) is 0 Å². The Morgan fingerprint density at radius 1 is 1.21 bits per heavy atom. The maximum absolute atomic E-state index is 4.18. The Kier molecular flexibility index (Phi) is 3.89. The Hall–Kier alpha value is -1.09. The number of hydrogen-bond donors (Lipinski definition) is 1. The summed E-state index contributed by atoms with van der Waals surface area (Å²) in [7, 11) is 0. The van der Waals surface area contributed by atoms with Gasteiger partial charge in [-0.1, -0.05) is 13.8 Å². The molecule has 14 heavy (non-hydrogen) atoms. The monoisotopic (exact) mass is 208 g/mol. The van der Waals surface area contributed by atoms with Crippen molar-refractivity contribution in [3.05, 3.63) is 28.8 Å². The van der Waals surface area contributed by atoms with Gasteiger partial charge in [-0.3, -0.25) is 5.10 Å². The molecule has 2 aromatic rings. The maximum atomic E-state index is 4.18. The average molecular weight is 208 g/mol. The van der Waals surface area contributed by atoms with Gasteiger partial charge in [-0.15, -0.1) is 11.3 Å². The number of nitrogens with one attached hydrogen (secondary N) is 1. The number of aromatic nitrogens is 2. The molecule has 3 heteroatoms. The summed E-state index contributed by atoms with van der Waals surface area (Å²) in [5.41, 5.74) is 2.15. The first-order valence-electron chi connectivity index (χ1n) is 4.84. The lowest BCUT2D eigenvalue weighted by Crippen LogP contribution is -1.70. The molecule has 0 amide bonds. The highest BCUT2D eigenvalue weighted by molar-refractivity contribution is 7.15. The molecule has 0 saturated heterocycles. The number of H-pyrrole nitrogens is 1. The Morgan fingerprint density at radius 3 is 2.36 bits per heavy atom. The van der Waals surface area contributed by atoms with Gasteiger partial charge in [0.2, 0.25) is 0 Å². The zero-order chi connectivity index (χ0) is 10.6. The summed E-state index contributed by atoms with van der Waals surface area (Å²) >= 11 is 1.77. The third kappa shape index (κ3) is 2.45. The van der Waals surface area contributed by atoms with E-state index in [0.717, 1.165) is 11.4 Å². The first kappa shape index (κ1) is 11.0. The Balaban J connectivity index is 0.000000461. The van der Waals surface area contributed by atoms with Crippen molar-refractivity contribution in [3.63, 3.8) is 0 Å². The Labute approximate surface area is 89.0 Å². The normalized spacial score (nSPS) is 9.43. The zero-order valence-corrected chi connectivity index (χ0v) is 9.90. The van der Waals surface area contributed by atoms with E-state index in [2.05, 4.69) is 35.3 Å². The summed E-state index contributed by atoms with van der Waals surface area (Å²) in [6.07, 6.45) is 0. The van der Waals surface area contributed by atoms with E-state index in [1.807, 2.05) is 20.8 Å². The molecule has 2 aromatic heterocycles. The van der Waals surface area contributed by atoms with Crippen LogP contribution in [-0.2, 0) is 0 Å². The van der Waals surface area contributed by atoms with E-state index in [1.54, 1.807) is 11.3 Å². The Bertz CT molecular complexity index is 349. The fraction of sp³-hybridized carbons (Fsp3) is 0.364. The molecule has 0 aliphatic heterocycles. The van der Waals surface area contributed by atoms with Gasteiger partial charge in [0.15, 0.2) is 0 Å². The van der Waals surface area contributed by atoms with Crippen LogP contribution < -0.4 is 0 Å². The van der Waals surface area contributed by atoms with Crippen molar-refractivity contribution in [2.24, 2.45) is 0 Å². The fourth-order valence-corrected chi connectivity index (χ4v) is 1.94. The van der Waals surface area contributed by atoms with Crippen LogP contribution in [0, 0.1) is 13.8 Å². The fourth-order valence-electron chi connectivity index (χ4n) is 1.12. The van der Waals surface area contributed by atoms with Crippen molar-refractivity contribution < 1.29 is 0 Å². The molecular weight excluding hydrogens is 192 g/mol. The number of aryl methyl sites for hydroxylation is 2. The van der Waals surface area contributed by atoms with Crippen molar-refractivity contribution in [1.29, 1.82) is 0 Å². The highest BCUT2D eigenvalue weighted by Crippen LogP contribution is 2.25. The first-order chi connectivity index (χ1) is 6.75. The summed E-state index contributed by atoms with van der Waals surface area (Å²) < 4.78 is 0. The van der Waals surface area contributed by atoms with Gasteiger partial charge < -0.3 is 0 Å². The molecule has 2 nitrogen and oxygen atoms in total. The molecule has 0 saturated carbocycles. The van der Waals surface area contributed by atoms with Gasteiger partial charge in [-0.2, -0.15) is 5.10 Å². The van der Waals surface area contributed by atoms with E-state index in [4.69, 9.17) is 0 Å². The second kappa shape index (κ2) is 4.96. The molecular formula is C11H16N2S. The quantitative estimate of drug-likeness (QED) is 0.759. The molecule has 76 valence electrons. The van der Waals surface area contributed by atoms with Gasteiger partial charge in [0.05, 0.1) is 4.88 Å². The minimum Gasteiger partial charge on any atom is -0.282 e. The predicted octanol–water partition coefficient (Wildman–Crippen LogP) is 3.78. The van der Waals surface area contributed by atoms with Crippen LogP contribution in [0.1, 0.15) is 24.4 Å². The smallest absolute Gasteiger partial charge is 0.102 e. The van der Waals surface area contributed by atoms with Crippen LogP contribution in [0.15, 0.2) is 18.2 Å². The van der Waals surface area contributed by atoms with Crippen LogP contribution in [0.25, 0.3) is 10.6 Å². The summed E-state index contributed by atoms with van der Waals surface area (Å²) in [5, 5.41) is 7.12. The van der Waals surface area contributed by atoms with Gasteiger partial charge in [0, 0.05) is 10.6 Å². The highest BCUT2D eigenvalue weighted by Gasteiger charge is 2.02. The summed E-state index contributed by atoms with van der Waals surface area (Å²) in [6, 6.07) is 6.28. The number of rotatable bonds is 1. The molecule has 0 spiro atoms. The molecule has 1 N–H and O–H groups in total. The third-order valence-electron chi connectivity index (χ3n) is 1.70. The van der Waals surface area contributed by atoms with Crippen LogP contribution in [0.4, 0.5) is 0 Å². The molecule has 0 unspecified atom stereocenters. The number of nitrogens with zero attached hydrogens (tertiary/aromatic N) is 1. The average Bonchev–Trinajstić information content (AvgIpc) is 2.78. The lowest BCUT2D eigenvalue weighted by atomic mass is 10.3. The van der Waals surface area contributed by atoms with Crippen LogP contribution in [0.3, 0.4) is 0 Å². The Morgan fingerprint density at radius 2 is 1.93 bits per heavy atom. The summed E-state index contributed by atoms with van der Waals surface area (Å²) in [6.45, 7) is 8.12. The topological polar surface area (TPSA) is 28.7 Å². The number of hydrogen-bond acceptors (Lipinski definition) is 2. The molecule has 0 bridgehead atoms. The minimum absolute atomic E-state index is 1.05. The van der Waals surface area contributed by atoms with Crippen LogP contribution >= 0.6 is 11.3 Å². The van der Waals surface area contributed by atoms with Crippen molar-refractivity contribution in [2.75, 3.05) is 0 Å². The highest BCUT2D eigenvalue weighted by atomic mass is 32.1. The van der Waals surface area contributed by atoms with E-state index < -0.39 is 0 Å². The van der Waals surface area contributed by atoms with E-state index in [-0.39, 0.29) is 0 Å². The lowest BCUT2D eigenvalue weighted by molar-refractivity contribution is 1.05. The standard InChI is InChI=1S/C9H10N2S.C2H6/c1-6-5-8(11-10-6)9-4-3-7(2)12-9;1-2/h3-5H,1-2H3,(H,10,11);1-2H3. The predicted molar refractivity (Wildman–Crippen MR) is 62.7 cm³/mol. The van der Waals surface area contributed by atoms with Crippen LogP contribution in [-0.4, -0.2) is 10.2 Å². The van der Waals surface area contributed by atoms with E-state index >= 15 is 0 Å².